The number of ether oxygens (including phenoxy) is 1. The number of nitrogens with one attached hydrogen (secondary N) is 2. The Morgan fingerprint density at radius 1 is 1.34 bits per heavy atom. The molecule has 1 aliphatic rings. The summed E-state index contributed by atoms with van der Waals surface area (Å²) in [5.74, 6) is 0.683. The number of rotatable bonds is 7. The lowest BCUT2D eigenvalue weighted by Crippen LogP contribution is -2.36. The van der Waals surface area contributed by atoms with Gasteiger partial charge < -0.3 is 25.2 Å². The molecule has 3 rings (SSSR count). The first-order valence-corrected chi connectivity index (χ1v) is 10.8. The van der Waals surface area contributed by atoms with Crippen LogP contribution in [0.2, 0.25) is 0 Å². The summed E-state index contributed by atoms with van der Waals surface area (Å²) in [6.07, 6.45) is 1.83. The van der Waals surface area contributed by atoms with E-state index in [9.17, 15) is 10.1 Å². The number of aryl methyl sites for hydroxylation is 1. The number of carbonyl (C=O) groups excluding carboxylic acids is 1. The number of benzene rings is 1. The van der Waals surface area contributed by atoms with E-state index in [1.54, 1.807) is 19.2 Å². The predicted molar refractivity (Wildman–Crippen MR) is 125 cm³/mol. The number of piperidine rings is 1. The van der Waals surface area contributed by atoms with Crippen molar-refractivity contribution in [2.75, 3.05) is 51.0 Å². The molecule has 0 atom stereocenters. The van der Waals surface area contributed by atoms with Crippen LogP contribution in [0, 0.1) is 18.3 Å². The Balaban J connectivity index is 2.00. The molecular weight excluding hydrogens is 406 g/mol. The van der Waals surface area contributed by atoms with Gasteiger partial charge in [0.1, 0.15) is 17.7 Å². The molecule has 0 saturated carbocycles. The first-order chi connectivity index (χ1) is 15.4. The van der Waals surface area contributed by atoms with Crippen LogP contribution in [-0.4, -0.2) is 67.7 Å². The van der Waals surface area contributed by atoms with Gasteiger partial charge in [0.05, 0.1) is 0 Å². The van der Waals surface area contributed by atoms with Gasteiger partial charge in [-0.3, -0.25) is 4.79 Å². The van der Waals surface area contributed by atoms with Crippen LogP contribution in [0.1, 0.15) is 41.3 Å². The van der Waals surface area contributed by atoms with Crippen LogP contribution >= 0.6 is 0 Å². The van der Waals surface area contributed by atoms with Crippen molar-refractivity contribution in [2.24, 2.45) is 0 Å². The van der Waals surface area contributed by atoms with Gasteiger partial charge in [-0.2, -0.15) is 15.2 Å². The number of nitrogens with zero attached hydrogens (tertiary/aromatic N) is 5. The van der Waals surface area contributed by atoms with Crippen molar-refractivity contribution in [1.82, 2.24) is 20.2 Å². The number of hydrogen-bond acceptors (Lipinski definition) is 8. The Hall–Kier alpha value is -3.38. The van der Waals surface area contributed by atoms with Crippen molar-refractivity contribution in [2.45, 2.75) is 32.8 Å². The Morgan fingerprint density at radius 2 is 2.06 bits per heavy atom. The lowest BCUT2D eigenvalue weighted by molar-refractivity contribution is 0.0963. The van der Waals surface area contributed by atoms with E-state index >= 15 is 0 Å². The van der Waals surface area contributed by atoms with Crippen molar-refractivity contribution >= 4 is 23.2 Å². The second-order valence-corrected chi connectivity index (χ2v) is 8.03. The van der Waals surface area contributed by atoms with Gasteiger partial charge in [0.2, 0.25) is 0 Å². The molecule has 32 heavy (non-hydrogen) atoms. The van der Waals surface area contributed by atoms with E-state index in [-0.39, 0.29) is 18.0 Å². The fourth-order valence-corrected chi connectivity index (χ4v) is 3.52. The normalized spacial score (nSPS) is 14.5. The standard InChI is InChI=1S/C23H31N7O2/c1-6-30(5)21-18(14-24)20(26-19-13-16(22(31)25-3)8-7-15(19)2)27-23(28-21)32-17-9-11-29(4)12-10-17/h7-8,13,17H,6,9-12H2,1-5H3,(H,25,31)(H,26,27,28). The first kappa shape index (κ1) is 23.3. The van der Waals surface area contributed by atoms with Gasteiger partial charge in [0.25, 0.3) is 5.91 Å². The summed E-state index contributed by atoms with van der Waals surface area (Å²) in [5, 5.41) is 15.8. The van der Waals surface area contributed by atoms with E-state index in [0.29, 0.717) is 35.0 Å². The largest absolute Gasteiger partial charge is 0.460 e. The van der Waals surface area contributed by atoms with E-state index in [2.05, 4.69) is 38.6 Å². The van der Waals surface area contributed by atoms with Gasteiger partial charge in [-0.15, -0.1) is 0 Å². The number of anilines is 3. The van der Waals surface area contributed by atoms with Gasteiger partial charge in [0.15, 0.2) is 11.6 Å². The van der Waals surface area contributed by atoms with Crippen LogP contribution in [0.5, 0.6) is 6.01 Å². The number of hydrogen-bond donors (Lipinski definition) is 2. The van der Waals surface area contributed by atoms with Gasteiger partial charge in [-0.05, 0) is 51.4 Å². The second-order valence-electron chi connectivity index (χ2n) is 8.03. The van der Waals surface area contributed by atoms with Crippen LogP contribution in [-0.2, 0) is 0 Å². The highest BCUT2D eigenvalue weighted by atomic mass is 16.5. The minimum atomic E-state index is -0.186. The van der Waals surface area contributed by atoms with E-state index in [1.165, 1.54) is 0 Å². The van der Waals surface area contributed by atoms with Crippen LogP contribution < -0.4 is 20.3 Å². The zero-order valence-corrected chi connectivity index (χ0v) is 19.4. The molecule has 2 aromatic rings. The minimum Gasteiger partial charge on any atom is -0.460 e. The predicted octanol–water partition coefficient (Wildman–Crippen LogP) is 2.69. The van der Waals surface area contributed by atoms with Crippen LogP contribution in [0.15, 0.2) is 18.2 Å². The maximum Gasteiger partial charge on any atom is 0.320 e. The number of likely N-dealkylation sites (tertiary alicyclic amines) is 1. The smallest absolute Gasteiger partial charge is 0.320 e. The topological polar surface area (TPSA) is 106 Å². The Morgan fingerprint density at radius 3 is 2.69 bits per heavy atom. The van der Waals surface area contributed by atoms with Crippen molar-refractivity contribution in [3.05, 3.63) is 34.9 Å². The molecule has 1 aliphatic heterocycles. The van der Waals surface area contributed by atoms with Crippen molar-refractivity contribution in [3.8, 4) is 12.1 Å². The van der Waals surface area contributed by atoms with Gasteiger partial charge >= 0.3 is 6.01 Å². The second kappa shape index (κ2) is 10.3. The zero-order chi connectivity index (χ0) is 23.3. The van der Waals surface area contributed by atoms with Crippen LogP contribution in [0.3, 0.4) is 0 Å². The maximum atomic E-state index is 12.1. The Labute approximate surface area is 189 Å². The number of aromatic nitrogens is 2. The Bertz CT molecular complexity index is 1010. The van der Waals surface area contributed by atoms with E-state index in [1.807, 2.05) is 31.9 Å². The maximum absolute atomic E-state index is 12.1. The van der Waals surface area contributed by atoms with E-state index in [0.717, 1.165) is 31.5 Å². The molecule has 9 nitrogen and oxygen atoms in total. The molecule has 1 aromatic carbocycles. The quantitative estimate of drug-likeness (QED) is 0.681. The third-order valence-electron chi connectivity index (χ3n) is 5.73. The molecule has 0 radical (unpaired) electrons. The van der Waals surface area contributed by atoms with Crippen molar-refractivity contribution in [1.29, 1.82) is 5.26 Å². The first-order valence-electron chi connectivity index (χ1n) is 10.8. The molecule has 0 unspecified atom stereocenters. The molecule has 1 saturated heterocycles. The third-order valence-corrected chi connectivity index (χ3v) is 5.73. The van der Waals surface area contributed by atoms with Crippen molar-refractivity contribution < 1.29 is 9.53 Å². The summed E-state index contributed by atoms with van der Waals surface area (Å²) in [4.78, 5) is 25.4. The molecule has 1 amide bonds. The molecule has 0 aliphatic carbocycles. The summed E-state index contributed by atoms with van der Waals surface area (Å²) in [7, 11) is 5.57. The highest BCUT2D eigenvalue weighted by molar-refractivity contribution is 5.95. The molecule has 170 valence electrons. The Kier molecular flexibility index (Phi) is 7.49. The zero-order valence-electron chi connectivity index (χ0n) is 19.4. The van der Waals surface area contributed by atoms with Crippen LogP contribution in [0.25, 0.3) is 0 Å². The summed E-state index contributed by atoms with van der Waals surface area (Å²) in [5.41, 5.74) is 2.46. The molecule has 2 heterocycles. The number of amides is 1. The number of nitriles is 1. The van der Waals surface area contributed by atoms with E-state index < -0.39 is 0 Å². The van der Waals surface area contributed by atoms with Gasteiger partial charge in [0, 0.05) is 45.0 Å². The fourth-order valence-electron chi connectivity index (χ4n) is 3.52. The molecule has 9 heteroatoms. The molecule has 1 aromatic heterocycles. The lowest BCUT2D eigenvalue weighted by atomic mass is 10.1. The molecule has 0 spiro atoms. The molecular formula is C23H31N7O2. The van der Waals surface area contributed by atoms with E-state index in [4.69, 9.17) is 4.74 Å². The highest BCUT2D eigenvalue weighted by Gasteiger charge is 2.23. The third kappa shape index (κ3) is 5.26. The highest BCUT2D eigenvalue weighted by Crippen LogP contribution is 2.30. The number of carbonyl (C=O) groups is 1. The summed E-state index contributed by atoms with van der Waals surface area (Å²) >= 11 is 0. The van der Waals surface area contributed by atoms with Crippen molar-refractivity contribution in [3.63, 3.8) is 0 Å². The molecule has 1 fully saturated rings. The monoisotopic (exact) mass is 437 g/mol. The minimum absolute atomic E-state index is 0.0325. The summed E-state index contributed by atoms with van der Waals surface area (Å²) in [6.45, 7) is 6.51. The summed E-state index contributed by atoms with van der Waals surface area (Å²) < 4.78 is 6.14. The summed E-state index contributed by atoms with van der Waals surface area (Å²) in [6, 6.07) is 7.84. The SMILES string of the molecule is CCN(C)c1nc(OC2CCN(C)CC2)nc(Nc2cc(C(=O)NC)ccc2C)c1C#N. The van der Waals surface area contributed by atoms with Crippen LogP contribution in [0.4, 0.5) is 17.3 Å². The average Bonchev–Trinajstić information content (AvgIpc) is 2.80. The van der Waals surface area contributed by atoms with Gasteiger partial charge in [-0.1, -0.05) is 6.07 Å². The molecule has 0 bridgehead atoms. The lowest BCUT2D eigenvalue weighted by Gasteiger charge is -2.29. The fraction of sp³-hybridized carbons (Fsp3) is 0.478. The average molecular weight is 438 g/mol. The van der Waals surface area contributed by atoms with Gasteiger partial charge in [-0.25, -0.2) is 0 Å². The molecule has 2 N–H and O–H groups in total.